The van der Waals surface area contributed by atoms with Crippen molar-refractivity contribution in [2.24, 2.45) is 0 Å². The Morgan fingerprint density at radius 1 is 1.12 bits per heavy atom. The first-order chi connectivity index (χ1) is 11.7. The van der Waals surface area contributed by atoms with Crippen molar-refractivity contribution in [2.45, 2.75) is 19.4 Å². The third-order valence-electron chi connectivity index (χ3n) is 3.44. The molecular weight excluding hydrogens is 304 g/mol. The fourth-order valence-electron chi connectivity index (χ4n) is 2.20. The molecule has 0 atom stereocenters. The number of nitrogens with zero attached hydrogens (tertiary/aromatic N) is 1. The Morgan fingerprint density at radius 3 is 2.62 bits per heavy atom. The molecule has 0 aliphatic heterocycles. The Hall–Kier alpha value is -3.00. The van der Waals surface area contributed by atoms with E-state index in [2.05, 4.69) is 5.32 Å². The number of carbonyl (C=O) groups is 1. The maximum atomic E-state index is 11.3. The largest absolute Gasteiger partial charge is 0.493 e. The van der Waals surface area contributed by atoms with E-state index in [1.54, 1.807) is 7.11 Å². The topological polar surface area (TPSA) is 71.3 Å². The highest BCUT2D eigenvalue weighted by atomic mass is 16.5. The molecule has 0 radical (unpaired) electrons. The molecule has 0 saturated heterocycles. The SMILES string of the molecule is COc1cc(CCNC(=O)CC#N)ccc1OCc1ccccc1. The van der Waals surface area contributed by atoms with Gasteiger partial charge in [0, 0.05) is 6.54 Å². The second-order valence-electron chi connectivity index (χ2n) is 5.19. The zero-order chi connectivity index (χ0) is 17.2. The maximum Gasteiger partial charge on any atom is 0.234 e. The molecule has 0 heterocycles. The first-order valence-electron chi connectivity index (χ1n) is 7.70. The van der Waals surface area contributed by atoms with Crippen LogP contribution in [-0.4, -0.2) is 19.6 Å². The van der Waals surface area contributed by atoms with E-state index in [1.165, 1.54) is 0 Å². The van der Waals surface area contributed by atoms with Gasteiger partial charge in [-0.1, -0.05) is 36.4 Å². The van der Waals surface area contributed by atoms with Crippen molar-refractivity contribution in [2.75, 3.05) is 13.7 Å². The van der Waals surface area contributed by atoms with E-state index in [0.717, 1.165) is 11.1 Å². The van der Waals surface area contributed by atoms with Crippen LogP contribution >= 0.6 is 0 Å². The van der Waals surface area contributed by atoms with Gasteiger partial charge in [0.05, 0.1) is 13.2 Å². The summed E-state index contributed by atoms with van der Waals surface area (Å²) < 4.78 is 11.2. The lowest BCUT2D eigenvalue weighted by Crippen LogP contribution is -2.24. The molecule has 2 aromatic rings. The first kappa shape index (κ1) is 17.4. The second kappa shape index (κ2) is 9.21. The summed E-state index contributed by atoms with van der Waals surface area (Å²) >= 11 is 0. The fourth-order valence-corrected chi connectivity index (χ4v) is 2.20. The maximum absolute atomic E-state index is 11.3. The monoisotopic (exact) mass is 324 g/mol. The minimum absolute atomic E-state index is 0.115. The van der Waals surface area contributed by atoms with E-state index in [-0.39, 0.29) is 12.3 Å². The predicted molar refractivity (Wildman–Crippen MR) is 90.7 cm³/mol. The molecule has 124 valence electrons. The van der Waals surface area contributed by atoms with Crippen LogP contribution in [-0.2, 0) is 17.8 Å². The van der Waals surface area contributed by atoms with Crippen LogP contribution in [0.3, 0.4) is 0 Å². The normalized spacial score (nSPS) is 9.83. The van der Waals surface area contributed by atoms with Crippen LogP contribution in [0.25, 0.3) is 0 Å². The predicted octanol–water partition coefficient (Wildman–Crippen LogP) is 2.85. The standard InChI is InChI=1S/C19H20N2O3/c1-23-18-13-15(10-12-21-19(22)9-11-20)7-8-17(18)24-14-16-5-3-2-4-6-16/h2-8,13H,9-10,12,14H2,1H3,(H,21,22). The number of hydrogen-bond acceptors (Lipinski definition) is 4. The van der Waals surface area contributed by atoms with E-state index in [4.69, 9.17) is 14.7 Å². The lowest BCUT2D eigenvalue weighted by Gasteiger charge is -2.12. The molecule has 0 aliphatic rings. The number of benzene rings is 2. The van der Waals surface area contributed by atoms with Gasteiger partial charge in [0.15, 0.2) is 11.5 Å². The third-order valence-corrected chi connectivity index (χ3v) is 3.44. The molecule has 0 aromatic heterocycles. The Morgan fingerprint density at radius 2 is 1.92 bits per heavy atom. The Labute approximate surface area is 141 Å². The summed E-state index contributed by atoms with van der Waals surface area (Å²) in [5.41, 5.74) is 2.11. The highest BCUT2D eigenvalue weighted by Crippen LogP contribution is 2.29. The molecule has 0 spiro atoms. The molecule has 5 nitrogen and oxygen atoms in total. The van der Waals surface area contributed by atoms with Crippen molar-refractivity contribution in [1.82, 2.24) is 5.32 Å². The molecule has 0 saturated carbocycles. The quantitative estimate of drug-likeness (QED) is 0.810. The van der Waals surface area contributed by atoms with Gasteiger partial charge in [0.25, 0.3) is 0 Å². The van der Waals surface area contributed by atoms with Gasteiger partial charge in [-0.25, -0.2) is 0 Å². The molecule has 0 bridgehead atoms. The van der Waals surface area contributed by atoms with Gasteiger partial charge in [0.1, 0.15) is 13.0 Å². The average molecular weight is 324 g/mol. The van der Waals surface area contributed by atoms with Crippen LogP contribution < -0.4 is 14.8 Å². The Bertz CT molecular complexity index is 708. The number of rotatable bonds is 8. The number of amides is 1. The zero-order valence-electron chi connectivity index (χ0n) is 13.6. The minimum atomic E-state index is -0.257. The minimum Gasteiger partial charge on any atom is -0.493 e. The number of nitrogens with one attached hydrogen (secondary N) is 1. The molecule has 5 heteroatoms. The lowest BCUT2D eigenvalue weighted by molar-refractivity contribution is -0.120. The summed E-state index contributed by atoms with van der Waals surface area (Å²) in [4.78, 5) is 11.3. The fraction of sp³-hybridized carbons (Fsp3) is 0.263. The molecule has 0 aliphatic carbocycles. The van der Waals surface area contributed by atoms with Crippen LogP contribution in [0.5, 0.6) is 11.5 Å². The third kappa shape index (κ3) is 5.33. The Balaban J connectivity index is 1.92. The van der Waals surface area contributed by atoms with Gasteiger partial charge in [-0.3, -0.25) is 4.79 Å². The summed E-state index contributed by atoms with van der Waals surface area (Å²) in [5.74, 6) is 1.08. The van der Waals surface area contributed by atoms with Crippen molar-refractivity contribution >= 4 is 5.91 Å². The summed E-state index contributed by atoms with van der Waals surface area (Å²) in [6.45, 7) is 0.953. The average Bonchev–Trinajstić information content (AvgIpc) is 2.61. The molecular formula is C19H20N2O3. The summed E-state index contributed by atoms with van der Waals surface area (Å²) in [6, 6.07) is 17.5. The van der Waals surface area contributed by atoms with Crippen LogP contribution in [0.15, 0.2) is 48.5 Å². The van der Waals surface area contributed by atoms with Crippen LogP contribution in [0, 0.1) is 11.3 Å². The van der Waals surface area contributed by atoms with Crippen LogP contribution in [0.2, 0.25) is 0 Å². The van der Waals surface area contributed by atoms with Crippen LogP contribution in [0.1, 0.15) is 17.5 Å². The van der Waals surface area contributed by atoms with E-state index >= 15 is 0 Å². The first-order valence-corrected chi connectivity index (χ1v) is 7.70. The van der Waals surface area contributed by atoms with Gasteiger partial charge >= 0.3 is 0 Å². The van der Waals surface area contributed by atoms with E-state index < -0.39 is 0 Å². The van der Waals surface area contributed by atoms with Gasteiger partial charge in [0.2, 0.25) is 5.91 Å². The highest BCUT2D eigenvalue weighted by Gasteiger charge is 2.07. The molecule has 1 N–H and O–H groups in total. The highest BCUT2D eigenvalue weighted by molar-refractivity contribution is 5.77. The van der Waals surface area contributed by atoms with Crippen molar-refractivity contribution in [3.8, 4) is 17.6 Å². The molecule has 2 rings (SSSR count). The zero-order valence-corrected chi connectivity index (χ0v) is 13.6. The molecule has 1 amide bonds. The summed E-state index contributed by atoms with van der Waals surface area (Å²) in [5, 5.41) is 11.1. The van der Waals surface area contributed by atoms with Gasteiger partial charge < -0.3 is 14.8 Å². The van der Waals surface area contributed by atoms with Gasteiger partial charge in [-0.15, -0.1) is 0 Å². The van der Waals surface area contributed by atoms with Crippen molar-refractivity contribution in [3.05, 3.63) is 59.7 Å². The van der Waals surface area contributed by atoms with E-state index in [1.807, 2.05) is 54.6 Å². The van der Waals surface area contributed by atoms with Gasteiger partial charge in [-0.2, -0.15) is 5.26 Å². The summed E-state index contributed by atoms with van der Waals surface area (Å²) in [6.07, 6.45) is 0.544. The molecule has 0 fully saturated rings. The number of ether oxygens (including phenoxy) is 2. The number of nitriles is 1. The van der Waals surface area contributed by atoms with Crippen molar-refractivity contribution < 1.29 is 14.3 Å². The van der Waals surface area contributed by atoms with E-state index in [9.17, 15) is 4.79 Å². The number of hydrogen-bond donors (Lipinski definition) is 1. The number of methoxy groups -OCH3 is 1. The lowest BCUT2D eigenvalue weighted by atomic mass is 10.1. The number of carbonyl (C=O) groups excluding carboxylic acids is 1. The second-order valence-corrected chi connectivity index (χ2v) is 5.19. The van der Waals surface area contributed by atoms with Crippen molar-refractivity contribution in [3.63, 3.8) is 0 Å². The smallest absolute Gasteiger partial charge is 0.234 e. The van der Waals surface area contributed by atoms with E-state index in [0.29, 0.717) is 31.1 Å². The Kier molecular flexibility index (Phi) is 6.66. The molecule has 2 aromatic carbocycles. The molecule has 0 unspecified atom stereocenters. The summed E-state index contributed by atoms with van der Waals surface area (Å²) in [7, 11) is 1.60. The molecule has 24 heavy (non-hydrogen) atoms. The van der Waals surface area contributed by atoms with Gasteiger partial charge in [-0.05, 0) is 29.7 Å². The van der Waals surface area contributed by atoms with Crippen molar-refractivity contribution in [1.29, 1.82) is 5.26 Å². The van der Waals surface area contributed by atoms with Crippen LogP contribution in [0.4, 0.5) is 0 Å².